The number of nitrogens with zero attached hydrogens (tertiary/aromatic N) is 2. The standard InChI is InChI=1S/C19H21Cl2N3O3/c1-11-5-7-14(8-6-11)24-13(3)16(12(2)23-24)22-15(25)9-27-17(26)18(4)10-19(18,20)21/h5-8H,9-10H2,1-4H3,(H,22,25)/t18-/m1/s1. The number of aromatic nitrogens is 2. The number of amides is 1. The SMILES string of the molecule is Cc1ccc(-n2nc(C)c(NC(=O)COC(=O)[C@@]3(C)CC3(Cl)Cl)c2C)cc1. The summed E-state index contributed by atoms with van der Waals surface area (Å²) in [6.07, 6.45) is 0.311. The highest BCUT2D eigenvalue weighted by molar-refractivity contribution is 6.53. The molecular weight excluding hydrogens is 389 g/mol. The fourth-order valence-corrected chi connectivity index (χ4v) is 3.54. The number of ether oxygens (including phenoxy) is 1. The number of esters is 1. The monoisotopic (exact) mass is 409 g/mol. The lowest BCUT2D eigenvalue weighted by Gasteiger charge is -2.12. The molecule has 2 aromatic rings. The van der Waals surface area contributed by atoms with E-state index in [4.69, 9.17) is 27.9 Å². The van der Waals surface area contributed by atoms with Gasteiger partial charge in [-0.05, 0) is 39.8 Å². The van der Waals surface area contributed by atoms with Crippen LogP contribution >= 0.6 is 23.2 Å². The second-order valence-corrected chi connectivity index (χ2v) is 8.61. The Kier molecular flexibility index (Phi) is 4.99. The molecule has 1 aliphatic carbocycles. The molecule has 8 heteroatoms. The Morgan fingerprint density at radius 3 is 2.37 bits per heavy atom. The quantitative estimate of drug-likeness (QED) is 0.600. The second-order valence-electron chi connectivity index (χ2n) is 7.13. The fourth-order valence-electron chi connectivity index (χ4n) is 2.85. The van der Waals surface area contributed by atoms with Gasteiger partial charge in [0.25, 0.3) is 5.91 Å². The molecule has 27 heavy (non-hydrogen) atoms. The number of halogens is 2. The van der Waals surface area contributed by atoms with Crippen molar-refractivity contribution in [2.75, 3.05) is 11.9 Å². The summed E-state index contributed by atoms with van der Waals surface area (Å²) in [4.78, 5) is 24.3. The van der Waals surface area contributed by atoms with Crippen molar-refractivity contribution in [2.45, 2.75) is 38.4 Å². The number of alkyl halides is 2. The summed E-state index contributed by atoms with van der Waals surface area (Å²) in [5, 5.41) is 7.25. The van der Waals surface area contributed by atoms with Crippen molar-refractivity contribution in [3.05, 3.63) is 41.2 Å². The zero-order valence-electron chi connectivity index (χ0n) is 15.6. The molecule has 0 unspecified atom stereocenters. The number of anilines is 1. The number of carbonyl (C=O) groups is 2. The summed E-state index contributed by atoms with van der Waals surface area (Å²) in [6.45, 7) is 6.89. The Morgan fingerprint density at radius 2 is 1.81 bits per heavy atom. The summed E-state index contributed by atoms with van der Waals surface area (Å²) in [6, 6.07) is 7.91. The van der Waals surface area contributed by atoms with Crippen LogP contribution in [-0.2, 0) is 14.3 Å². The van der Waals surface area contributed by atoms with E-state index in [1.54, 1.807) is 18.5 Å². The number of benzene rings is 1. The first kappa shape index (κ1) is 19.7. The molecule has 1 aromatic carbocycles. The van der Waals surface area contributed by atoms with Gasteiger partial charge in [-0.2, -0.15) is 5.10 Å². The molecule has 1 atom stereocenters. The highest BCUT2D eigenvalue weighted by atomic mass is 35.5. The van der Waals surface area contributed by atoms with Gasteiger partial charge in [0, 0.05) is 6.42 Å². The second kappa shape index (κ2) is 6.84. The van der Waals surface area contributed by atoms with Crippen molar-refractivity contribution in [3.8, 4) is 5.69 Å². The first-order valence-electron chi connectivity index (χ1n) is 8.53. The van der Waals surface area contributed by atoms with Gasteiger partial charge in [0.2, 0.25) is 0 Å². The Labute approximate surface area is 167 Å². The van der Waals surface area contributed by atoms with Crippen molar-refractivity contribution in [1.82, 2.24) is 9.78 Å². The van der Waals surface area contributed by atoms with E-state index in [1.807, 2.05) is 38.1 Å². The number of aryl methyl sites for hydroxylation is 2. The van der Waals surface area contributed by atoms with Crippen LogP contribution in [0.5, 0.6) is 0 Å². The molecule has 1 N–H and O–H groups in total. The summed E-state index contributed by atoms with van der Waals surface area (Å²) in [5.41, 5.74) is 3.14. The lowest BCUT2D eigenvalue weighted by molar-refractivity contribution is -0.152. The van der Waals surface area contributed by atoms with E-state index in [0.717, 1.165) is 16.9 Å². The number of hydrogen-bond donors (Lipinski definition) is 1. The topological polar surface area (TPSA) is 73.2 Å². The zero-order chi connectivity index (χ0) is 20.0. The van der Waals surface area contributed by atoms with Crippen molar-refractivity contribution in [3.63, 3.8) is 0 Å². The normalized spacial score (nSPS) is 20.2. The number of hydrogen-bond acceptors (Lipinski definition) is 4. The van der Waals surface area contributed by atoms with Gasteiger partial charge in [0.05, 0.1) is 22.8 Å². The third-order valence-corrected chi connectivity index (χ3v) is 5.98. The molecule has 1 amide bonds. The lowest BCUT2D eigenvalue weighted by Crippen LogP contribution is -2.27. The molecular formula is C19H21Cl2N3O3. The largest absolute Gasteiger partial charge is 0.455 e. The van der Waals surface area contributed by atoms with Crippen LogP contribution in [-0.4, -0.2) is 32.6 Å². The van der Waals surface area contributed by atoms with Crippen molar-refractivity contribution in [2.24, 2.45) is 5.41 Å². The molecule has 0 bridgehead atoms. The first-order valence-corrected chi connectivity index (χ1v) is 9.29. The van der Waals surface area contributed by atoms with Crippen molar-refractivity contribution in [1.29, 1.82) is 0 Å². The van der Waals surface area contributed by atoms with Crippen LogP contribution in [0.4, 0.5) is 5.69 Å². The molecule has 144 valence electrons. The van der Waals surface area contributed by atoms with E-state index < -0.39 is 28.2 Å². The van der Waals surface area contributed by atoms with Gasteiger partial charge in [-0.1, -0.05) is 17.7 Å². The predicted molar refractivity (Wildman–Crippen MR) is 105 cm³/mol. The summed E-state index contributed by atoms with van der Waals surface area (Å²) in [5.74, 6) is -1.02. The van der Waals surface area contributed by atoms with Gasteiger partial charge in [-0.3, -0.25) is 9.59 Å². The molecule has 0 spiro atoms. The van der Waals surface area contributed by atoms with Gasteiger partial charge in [0.1, 0.15) is 9.75 Å². The molecule has 0 aliphatic heterocycles. The van der Waals surface area contributed by atoms with Gasteiger partial charge in [0.15, 0.2) is 6.61 Å². The Morgan fingerprint density at radius 1 is 1.22 bits per heavy atom. The van der Waals surface area contributed by atoms with E-state index in [9.17, 15) is 9.59 Å². The van der Waals surface area contributed by atoms with Gasteiger partial charge in [-0.15, -0.1) is 23.2 Å². The Hall–Kier alpha value is -2.05. The summed E-state index contributed by atoms with van der Waals surface area (Å²) < 4.78 is 5.71. The highest BCUT2D eigenvalue weighted by Crippen LogP contribution is 2.64. The van der Waals surface area contributed by atoms with Crippen LogP contribution in [0.1, 0.15) is 30.3 Å². The van der Waals surface area contributed by atoms with Crippen LogP contribution < -0.4 is 5.32 Å². The molecule has 1 aromatic heterocycles. The minimum Gasteiger partial charge on any atom is -0.455 e. The zero-order valence-corrected chi connectivity index (χ0v) is 17.1. The number of rotatable bonds is 5. The first-order chi connectivity index (χ1) is 12.5. The summed E-state index contributed by atoms with van der Waals surface area (Å²) >= 11 is 11.9. The van der Waals surface area contributed by atoms with E-state index in [0.29, 0.717) is 17.8 Å². The van der Waals surface area contributed by atoms with Crippen LogP contribution in [0.25, 0.3) is 5.69 Å². The minimum atomic E-state index is -1.12. The molecule has 1 aliphatic rings. The molecule has 0 radical (unpaired) electrons. The third kappa shape index (κ3) is 3.69. The fraction of sp³-hybridized carbons (Fsp3) is 0.421. The van der Waals surface area contributed by atoms with Crippen LogP contribution in [0.2, 0.25) is 0 Å². The predicted octanol–water partition coefficient (Wildman–Crippen LogP) is 3.86. The van der Waals surface area contributed by atoms with Crippen molar-refractivity contribution >= 4 is 40.8 Å². The van der Waals surface area contributed by atoms with Gasteiger partial charge < -0.3 is 10.1 Å². The molecule has 1 heterocycles. The molecule has 3 rings (SSSR count). The summed E-state index contributed by atoms with van der Waals surface area (Å²) in [7, 11) is 0. The molecule has 1 saturated carbocycles. The highest BCUT2D eigenvalue weighted by Gasteiger charge is 2.69. The average molecular weight is 410 g/mol. The van der Waals surface area contributed by atoms with Crippen LogP contribution in [0, 0.1) is 26.2 Å². The van der Waals surface area contributed by atoms with E-state index >= 15 is 0 Å². The van der Waals surface area contributed by atoms with Crippen LogP contribution in [0.15, 0.2) is 24.3 Å². The van der Waals surface area contributed by atoms with Crippen molar-refractivity contribution < 1.29 is 14.3 Å². The Bertz CT molecular complexity index is 906. The minimum absolute atomic E-state index is 0.311. The van der Waals surface area contributed by atoms with Gasteiger partial charge in [-0.25, -0.2) is 4.68 Å². The van der Waals surface area contributed by atoms with Gasteiger partial charge >= 0.3 is 5.97 Å². The average Bonchev–Trinajstić information content (AvgIpc) is 3.02. The van der Waals surface area contributed by atoms with E-state index in [2.05, 4.69) is 10.4 Å². The number of carbonyl (C=O) groups excluding carboxylic acids is 2. The number of nitrogens with one attached hydrogen (secondary N) is 1. The Balaban J connectivity index is 1.66. The third-order valence-electron chi connectivity index (χ3n) is 4.88. The van der Waals surface area contributed by atoms with Crippen LogP contribution in [0.3, 0.4) is 0 Å². The van der Waals surface area contributed by atoms with E-state index in [1.165, 1.54) is 0 Å². The maximum absolute atomic E-state index is 12.2. The van der Waals surface area contributed by atoms with E-state index in [-0.39, 0.29) is 0 Å². The molecule has 0 saturated heterocycles. The molecule has 1 fully saturated rings. The molecule has 6 nitrogen and oxygen atoms in total. The smallest absolute Gasteiger partial charge is 0.315 e. The maximum atomic E-state index is 12.2. The lowest BCUT2D eigenvalue weighted by atomic mass is 10.1. The maximum Gasteiger partial charge on any atom is 0.315 e.